The van der Waals surface area contributed by atoms with Crippen molar-refractivity contribution in [1.82, 2.24) is 5.32 Å². The highest BCUT2D eigenvalue weighted by molar-refractivity contribution is 5.39. The van der Waals surface area contributed by atoms with Crippen molar-refractivity contribution in [2.45, 2.75) is 25.9 Å². The highest BCUT2D eigenvalue weighted by Crippen LogP contribution is 2.23. The summed E-state index contributed by atoms with van der Waals surface area (Å²) in [4.78, 5) is 0. The van der Waals surface area contributed by atoms with Crippen molar-refractivity contribution in [3.8, 4) is 23.8 Å². The van der Waals surface area contributed by atoms with Gasteiger partial charge in [0.05, 0.1) is 12.6 Å². The maximum Gasteiger partial charge on any atom is 0.120 e. The Hall–Kier alpha value is -1.66. The average Bonchev–Trinajstić information content (AvgIpc) is 2.28. The Bertz CT molecular complexity index is 405. The largest absolute Gasteiger partial charge is 0.508 e. The number of terminal acetylenes is 1. The summed E-state index contributed by atoms with van der Waals surface area (Å²) in [6.45, 7) is 4.31. The number of phenolic OH excluding ortho intramolecular Hbond substituents is 1. The van der Waals surface area contributed by atoms with E-state index in [1.165, 1.54) is 0 Å². The monoisotopic (exact) mass is 219 g/mol. The molecule has 0 atom stereocenters. The van der Waals surface area contributed by atoms with E-state index in [0.29, 0.717) is 12.3 Å². The first-order chi connectivity index (χ1) is 7.48. The Morgan fingerprint density at radius 1 is 1.50 bits per heavy atom. The second-order valence-electron chi connectivity index (χ2n) is 4.12. The van der Waals surface area contributed by atoms with Crippen molar-refractivity contribution in [2.24, 2.45) is 0 Å². The van der Waals surface area contributed by atoms with Crippen LogP contribution in [0.1, 0.15) is 19.4 Å². The van der Waals surface area contributed by atoms with Crippen molar-refractivity contribution < 1.29 is 9.84 Å². The van der Waals surface area contributed by atoms with Gasteiger partial charge in [0.2, 0.25) is 0 Å². The van der Waals surface area contributed by atoms with E-state index in [2.05, 4.69) is 11.2 Å². The van der Waals surface area contributed by atoms with Crippen LogP contribution in [0, 0.1) is 12.3 Å². The SMILES string of the molecule is C#CC(C)(C)NCc1cc(OC)ccc1O. The lowest BCUT2D eigenvalue weighted by molar-refractivity contribution is 0.408. The molecular weight excluding hydrogens is 202 g/mol. The fourth-order valence-corrected chi connectivity index (χ4v) is 1.20. The summed E-state index contributed by atoms with van der Waals surface area (Å²) in [5, 5.41) is 12.8. The summed E-state index contributed by atoms with van der Waals surface area (Å²) in [5.74, 6) is 3.59. The molecule has 3 nitrogen and oxygen atoms in total. The standard InChI is InChI=1S/C13H17NO2/c1-5-13(2,3)14-9-10-8-11(16-4)6-7-12(10)15/h1,6-8,14-15H,9H2,2-4H3. The molecule has 0 aromatic heterocycles. The van der Waals surface area contributed by atoms with Gasteiger partial charge in [-0.1, -0.05) is 5.92 Å². The number of methoxy groups -OCH3 is 1. The Morgan fingerprint density at radius 3 is 2.75 bits per heavy atom. The fourth-order valence-electron chi connectivity index (χ4n) is 1.20. The van der Waals surface area contributed by atoms with Gasteiger partial charge in [-0.2, -0.15) is 0 Å². The maximum absolute atomic E-state index is 9.65. The number of benzene rings is 1. The molecule has 0 heterocycles. The summed E-state index contributed by atoms with van der Waals surface area (Å²) in [6, 6.07) is 5.11. The first-order valence-electron chi connectivity index (χ1n) is 5.07. The van der Waals surface area contributed by atoms with E-state index in [-0.39, 0.29) is 5.75 Å². The zero-order chi connectivity index (χ0) is 12.2. The molecule has 0 saturated heterocycles. The van der Waals surface area contributed by atoms with Crippen molar-refractivity contribution >= 4 is 0 Å². The van der Waals surface area contributed by atoms with Crippen LogP contribution in [0.15, 0.2) is 18.2 Å². The molecule has 0 amide bonds. The molecular formula is C13H17NO2. The summed E-state index contributed by atoms with van der Waals surface area (Å²) < 4.78 is 5.09. The van der Waals surface area contributed by atoms with Crippen LogP contribution in [0.2, 0.25) is 0 Å². The minimum absolute atomic E-state index is 0.237. The van der Waals surface area contributed by atoms with E-state index in [0.717, 1.165) is 5.56 Å². The van der Waals surface area contributed by atoms with Crippen LogP contribution in [-0.2, 0) is 6.54 Å². The summed E-state index contributed by atoms with van der Waals surface area (Å²) in [7, 11) is 1.59. The normalized spacial score (nSPS) is 10.9. The Morgan fingerprint density at radius 2 is 2.19 bits per heavy atom. The molecule has 0 spiro atoms. The lowest BCUT2D eigenvalue weighted by Gasteiger charge is -2.20. The van der Waals surface area contributed by atoms with Crippen LogP contribution >= 0.6 is 0 Å². The third-order valence-electron chi connectivity index (χ3n) is 2.37. The summed E-state index contributed by atoms with van der Waals surface area (Å²) in [6.07, 6.45) is 5.36. The third kappa shape index (κ3) is 3.18. The zero-order valence-electron chi connectivity index (χ0n) is 9.87. The average molecular weight is 219 g/mol. The number of ether oxygens (including phenoxy) is 1. The molecule has 86 valence electrons. The van der Waals surface area contributed by atoms with E-state index >= 15 is 0 Å². The number of rotatable bonds is 4. The Labute approximate surface area is 96.4 Å². The number of aromatic hydroxyl groups is 1. The molecule has 0 unspecified atom stereocenters. The van der Waals surface area contributed by atoms with Crippen LogP contribution in [0.25, 0.3) is 0 Å². The van der Waals surface area contributed by atoms with Gasteiger partial charge < -0.3 is 9.84 Å². The van der Waals surface area contributed by atoms with E-state index in [4.69, 9.17) is 11.2 Å². The van der Waals surface area contributed by atoms with E-state index in [1.54, 1.807) is 25.3 Å². The number of nitrogens with one attached hydrogen (secondary N) is 1. The van der Waals surface area contributed by atoms with E-state index in [9.17, 15) is 5.11 Å². The van der Waals surface area contributed by atoms with E-state index < -0.39 is 5.54 Å². The van der Waals surface area contributed by atoms with Crippen LogP contribution < -0.4 is 10.1 Å². The molecule has 0 aliphatic carbocycles. The lowest BCUT2D eigenvalue weighted by Crippen LogP contribution is -2.36. The van der Waals surface area contributed by atoms with Crippen LogP contribution in [0.5, 0.6) is 11.5 Å². The second kappa shape index (κ2) is 4.91. The minimum atomic E-state index is -0.393. The quantitative estimate of drug-likeness (QED) is 0.760. The molecule has 1 aromatic rings. The first-order valence-corrected chi connectivity index (χ1v) is 5.07. The van der Waals surface area contributed by atoms with Gasteiger partial charge in [0, 0.05) is 12.1 Å². The van der Waals surface area contributed by atoms with Crippen LogP contribution in [0.4, 0.5) is 0 Å². The van der Waals surface area contributed by atoms with Crippen molar-refractivity contribution in [1.29, 1.82) is 0 Å². The highest BCUT2D eigenvalue weighted by Gasteiger charge is 2.13. The van der Waals surface area contributed by atoms with Gasteiger partial charge in [-0.25, -0.2) is 0 Å². The lowest BCUT2D eigenvalue weighted by atomic mass is 10.1. The van der Waals surface area contributed by atoms with Gasteiger partial charge in [-0.15, -0.1) is 6.42 Å². The molecule has 1 rings (SSSR count). The molecule has 1 aromatic carbocycles. The van der Waals surface area contributed by atoms with Gasteiger partial charge in [0.15, 0.2) is 0 Å². The van der Waals surface area contributed by atoms with Gasteiger partial charge in [-0.3, -0.25) is 5.32 Å². The fraction of sp³-hybridized carbons (Fsp3) is 0.385. The van der Waals surface area contributed by atoms with Gasteiger partial charge >= 0.3 is 0 Å². The molecule has 0 fully saturated rings. The molecule has 0 aliphatic rings. The predicted octanol–water partition coefficient (Wildman–Crippen LogP) is 1.90. The third-order valence-corrected chi connectivity index (χ3v) is 2.37. The molecule has 0 saturated carbocycles. The predicted molar refractivity (Wildman–Crippen MR) is 64.4 cm³/mol. The highest BCUT2D eigenvalue weighted by atomic mass is 16.5. The Balaban J connectivity index is 2.78. The van der Waals surface area contributed by atoms with Crippen LogP contribution in [-0.4, -0.2) is 17.8 Å². The molecule has 0 aliphatic heterocycles. The smallest absolute Gasteiger partial charge is 0.120 e. The molecule has 0 radical (unpaired) electrons. The maximum atomic E-state index is 9.65. The number of phenols is 1. The Kier molecular flexibility index (Phi) is 3.81. The van der Waals surface area contributed by atoms with Crippen LogP contribution in [0.3, 0.4) is 0 Å². The first kappa shape index (κ1) is 12.4. The van der Waals surface area contributed by atoms with Gasteiger partial charge in [0.1, 0.15) is 11.5 Å². The zero-order valence-corrected chi connectivity index (χ0v) is 9.87. The topological polar surface area (TPSA) is 41.5 Å². The number of hydrogen-bond acceptors (Lipinski definition) is 3. The molecule has 2 N–H and O–H groups in total. The van der Waals surface area contributed by atoms with Crippen molar-refractivity contribution in [3.05, 3.63) is 23.8 Å². The molecule has 16 heavy (non-hydrogen) atoms. The molecule has 0 bridgehead atoms. The van der Waals surface area contributed by atoms with Crippen molar-refractivity contribution in [3.63, 3.8) is 0 Å². The summed E-state index contributed by atoms with van der Waals surface area (Å²) >= 11 is 0. The minimum Gasteiger partial charge on any atom is -0.508 e. The van der Waals surface area contributed by atoms with Gasteiger partial charge in [0.25, 0.3) is 0 Å². The van der Waals surface area contributed by atoms with Crippen molar-refractivity contribution in [2.75, 3.05) is 7.11 Å². The molecule has 3 heteroatoms. The van der Waals surface area contributed by atoms with E-state index in [1.807, 2.05) is 13.8 Å². The number of hydrogen-bond donors (Lipinski definition) is 2. The second-order valence-corrected chi connectivity index (χ2v) is 4.12. The van der Waals surface area contributed by atoms with Gasteiger partial charge in [-0.05, 0) is 32.0 Å². The summed E-state index contributed by atoms with van der Waals surface area (Å²) in [5.41, 5.74) is 0.373.